The molecule has 18 nitrogen and oxygen atoms in total. The van der Waals surface area contributed by atoms with Crippen molar-refractivity contribution < 1.29 is 85.7 Å². The van der Waals surface area contributed by atoms with Crippen molar-refractivity contribution in [2.75, 3.05) is 13.2 Å². The van der Waals surface area contributed by atoms with Crippen molar-refractivity contribution in [1.82, 2.24) is 0 Å². The third kappa shape index (κ3) is 12.1. The topological polar surface area (TPSA) is 229 Å². The number of hydrogen-bond acceptors (Lipinski definition) is 18. The Balaban J connectivity index is 2.75. The zero-order chi connectivity index (χ0) is 35.6. The molecule has 2 rings (SSSR count). The Morgan fingerprint density at radius 3 is 1.38 bits per heavy atom. The van der Waals surface area contributed by atoms with Crippen molar-refractivity contribution >= 4 is 47.8 Å². The average Bonchev–Trinajstić information content (AvgIpc) is 2.91. The molecule has 2 fully saturated rings. The van der Waals surface area contributed by atoms with E-state index >= 15 is 0 Å². The lowest BCUT2D eigenvalue weighted by molar-refractivity contribution is -0.336. The van der Waals surface area contributed by atoms with E-state index in [1.54, 1.807) is 0 Å². The molecule has 1 aliphatic heterocycles. The first-order valence-electron chi connectivity index (χ1n) is 14.5. The van der Waals surface area contributed by atoms with E-state index in [-0.39, 0.29) is 13.0 Å². The van der Waals surface area contributed by atoms with Crippen LogP contribution >= 0.6 is 0 Å². The Labute approximate surface area is 269 Å². The molecule has 1 aliphatic carbocycles. The van der Waals surface area contributed by atoms with Crippen molar-refractivity contribution in [3.8, 4) is 0 Å². The quantitative estimate of drug-likeness (QED) is 0.193. The molecule has 0 amide bonds. The molecule has 0 aromatic carbocycles. The first-order valence-corrected chi connectivity index (χ1v) is 14.5. The summed E-state index contributed by atoms with van der Waals surface area (Å²) in [5, 5.41) is 0. The van der Waals surface area contributed by atoms with Gasteiger partial charge in [-0.2, -0.15) is 0 Å². The molecular formula is C29H40O18. The highest BCUT2D eigenvalue weighted by Gasteiger charge is 2.57. The van der Waals surface area contributed by atoms with Gasteiger partial charge in [0, 0.05) is 61.3 Å². The molecule has 0 aromatic heterocycles. The molecule has 2 aliphatic rings. The Kier molecular flexibility index (Phi) is 14.5. The summed E-state index contributed by atoms with van der Waals surface area (Å²) in [5.74, 6) is -7.52. The Morgan fingerprint density at radius 1 is 0.468 bits per heavy atom. The van der Waals surface area contributed by atoms with Gasteiger partial charge < -0.3 is 47.4 Å². The van der Waals surface area contributed by atoms with Crippen LogP contribution in [0.4, 0.5) is 0 Å². The van der Waals surface area contributed by atoms with Gasteiger partial charge in [-0.1, -0.05) is 0 Å². The van der Waals surface area contributed by atoms with Crippen LogP contribution in [0.25, 0.3) is 0 Å². The van der Waals surface area contributed by atoms with E-state index in [1.165, 1.54) is 0 Å². The highest BCUT2D eigenvalue weighted by Crippen LogP contribution is 2.38. The van der Waals surface area contributed by atoms with Gasteiger partial charge in [-0.15, -0.1) is 0 Å². The van der Waals surface area contributed by atoms with Crippen molar-refractivity contribution in [2.24, 2.45) is 5.92 Å². The van der Waals surface area contributed by atoms with Crippen LogP contribution in [0.2, 0.25) is 0 Å². The Hall–Kier alpha value is -4.32. The van der Waals surface area contributed by atoms with Gasteiger partial charge in [0.05, 0.1) is 6.61 Å². The smallest absolute Gasteiger partial charge is 0.303 e. The minimum atomic E-state index is -1.80. The molecule has 0 unspecified atom stereocenters. The fourth-order valence-corrected chi connectivity index (χ4v) is 5.25. The molecule has 1 heterocycles. The third-order valence-corrected chi connectivity index (χ3v) is 6.68. The van der Waals surface area contributed by atoms with Gasteiger partial charge in [0.15, 0.2) is 30.7 Å². The highest BCUT2D eigenvalue weighted by atomic mass is 16.8. The van der Waals surface area contributed by atoms with Crippen LogP contribution in [0.5, 0.6) is 0 Å². The minimum absolute atomic E-state index is 0.138. The molecule has 1 saturated carbocycles. The van der Waals surface area contributed by atoms with Gasteiger partial charge >= 0.3 is 47.8 Å². The number of carbonyl (C=O) groups excluding carboxylic acids is 8. The number of esters is 8. The summed E-state index contributed by atoms with van der Waals surface area (Å²) in [4.78, 5) is 96.7. The van der Waals surface area contributed by atoms with Gasteiger partial charge in [-0.05, 0) is 6.42 Å². The fraction of sp³-hybridized carbons (Fsp3) is 0.724. The summed E-state index contributed by atoms with van der Waals surface area (Å²) < 4.78 is 55.3. The SMILES string of the molecule is CC(=O)OC[C@@H]1C[C@H](OC(C)=O)[C@@H](OC(C)=O)[C@H](O[C@@H]2O[C@H](COC(C)=O)[C@@H](OC(C)=O)[C@H](OC(C)=O)[C@H]2OC(C)=O)[C@H]1OC(C)=O. The molecule has 47 heavy (non-hydrogen) atoms. The van der Waals surface area contributed by atoms with E-state index in [4.69, 9.17) is 47.4 Å². The van der Waals surface area contributed by atoms with Crippen LogP contribution in [0.3, 0.4) is 0 Å². The van der Waals surface area contributed by atoms with E-state index < -0.39 is 115 Å². The van der Waals surface area contributed by atoms with Gasteiger partial charge in [0.1, 0.15) is 31.0 Å². The number of ether oxygens (including phenoxy) is 10. The van der Waals surface area contributed by atoms with E-state index in [1.807, 2.05) is 0 Å². The van der Waals surface area contributed by atoms with Gasteiger partial charge in [0.2, 0.25) is 0 Å². The van der Waals surface area contributed by atoms with Crippen molar-refractivity contribution in [3.05, 3.63) is 0 Å². The van der Waals surface area contributed by atoms with Crippen molar-refractivity contribution in [2.45, 2.75) is 117 Å². The zero-order valence-electron chi connectivity index (χ0n) is 27.2. The van der Waals surface area contributed by atoms with E-state index in [2.05, 4.69) is 0 Å². The monoisotopic (exact) mass is 676 g/mol. The van der Waals surface area contributed by atoms with E-state index in [0.29, 0.717) is 0 Å². The summed E-state index contributed by atoms with van der Waals surface area (Å²) in [6.45, 7) is 7.62. The molecule has 0 bridgehead atoms. The summed E-state index contributed by atoms with van der Waals surface area (Å²) in [7, 11) is 0. The molecule has 10 atom stereocenters. The minimum Gasteiger partial charge on any atom is -0.465 e. The van der Waals surface area contributed by atoms with E-state index in [9.17, 15) is 38.4 Å². The molecule has 0 N–H and O–H groups in total. The first kappa shape index (κ1) is 38.9. The molecule has 264 valence electrons. The lowest BCUT2D eigenvalue weighted by Crippen LogP contribution is -2.66. The predicted octanol–water partition coefficient (Wildman–Crippen LogP) is -0.167. The normalized spacial score (nSPS) is 30.0. The standard InChI is InChI=1S/C29H40O18/c1-12(30)38-10-20-9-21(40-14(3)32)24(42-16(5)34)26(23(20)41-15(4)33)47-29-28(45-19(8)37)27(44-18(7)36)25(43-17(6)35)22(46-29)11-39-13(2)31/h20-29H,9-11H2,1-8H3/t20-,21-,22+,23-,24+,25+,26+,27-,28+,29-/m0/s1. The predicted molar refractivity (Wildman–Crippen MR) is 148 cm³/mol. The molecule has 0 spiro atoms. The summed E-state index contributed by atoms with van der Waals surface area (Å²) >= 11 is 0. The lowest BCUT2D eigenvalue weighted by Gasteiger charge is -2.48. The fourth-order valence-electron chi connectivity index (χ4n) is 5.25. The largest absolute Gasteiger partial charge is 0.465 e. The van der Waals surface area contributed by atoms with Crippen LogP contribution < -0.4 is 0 Å². The number of carbonyl (C=O) groups is 8. The Morgan fingerprint density at radius 2 is 0.894 bits per heavy atom. The first-order chi connectivity index (χ1) is 21.9. The highest BCUT2D eigenvalue weighted by molar-refractivity contribution is 5.69. The van der Waals surface area contributed by atoms with Gasteiger partial charge in [-0.3, -0.25) is 38.4 Å². The second-order valence-electron chi connectivity index (χ2n) is 10.8. The third-order valence-electron chi connectivity index (χ3n) is 6.68. The molecule has 18 heteroatoms. The number of hydrogen-bond donors (Lipinski definition) is 0. The van der Waals surface area contributed by atoms with Crippen LogP contribution in [0.1, 0.15) is 61.8 Å². The molecule has 0 radical (unpaired) electrons. The summed E-state index contributed by atoms with van der Waals surface area (Å²) in [6, 6.07) is 0. The zero-order valence-corrected chi connectivity index (χ0v) is 27.2. The number of rotatable bonds is 12. The second-order valence-corrected chi connectivity index (χ2v) is 10.8. The van der Waals surface area contributed by atoms with Crippen LogP contribution in [0.15, 0.2) is 0 Å². The average molecular weight is 677 g/mol. The lowest BCUT2D eigenvalue weighted by atomic mass is 9.80. The molecular weight excluding hydrogens is 636 g/mol. The van der Waals surface area contributed by atoms with Gasteiger partial charge in [0.25, 0.3) is 0 Å². The maximum atomic E-state index is 12.3. The van der Waals surface area contributed by atoms with Crippen molar-refractivity contribution in [3.63, 3.8) is 0 Å². The summed E-state index contributed by atoms with van der Waals surface area (Å²) in [5.41, 5.74) is 0. The summed E-state index contributed by atoms with van der Waals surface area (Å²) in [6.07, 6.45) is -13.9. The van der Waals surface area contributed by atoms with Crippen molar-refractivity contribution in [1.29, 1.82) is 0 Å². The van der Waals surface area contributed by atoms with E-state index in [0.717, 1.165) is 55.4 Å². The van der Waals surface area contributed by atoms with Gasteiger partial charge in [-0.25, -0.2) is 0 Å². The maximum absolute atomic E-state index is 12.3. The molecule has 0 aromatic rings. The molecule has 1 saturated heterocycles. The maximum Gasteiger partial charge on any atom is 0.303 e. The van der Waals surface area contributed by atoms with Crippen LogP contribution in [-0.4, -0.2) is 116 Å². The Bertz CT molecular complexity index is 1200. The second kappa shape index (κ2) is 17.6. The van der Waals surface area contributed by atoms with Crippen LogP contribution in [0, 0.1) is 5.92 Å². The van der Waals surface area contributed by atoms with Crippen LogP contribution in [-0.2, 0) is 85.7 Å².